The topological polar surface area (TPSA) is 50.8 Å². The summed E-state index contributed by atoms with van der Waals surface area (Å²) < 4.78 is 11.1. The molecule has 1 atom stereocenters. The molecule has 1 fully saturated rings. The molecule has 0 bridgehead atoms. The van der Waals surface area contributed by atoms with Gasteiger partial charge in [-0.25, -0.2) is 4.79 Å². The van der Waals surface area contributed by atoms with Gasteiger partial charge in [0.2, 0.25) is 0 Å². The zero-order chi connectivity index (χ0) is 17.9. The van der Waals surface area contributed by atoms with Crippen LogP contribution in [0.5, 0.6) is 5.75 Å². The fraction of sp³-hybridized carbons (Fsp3) is 0.650. The van der Waals surface area contributed by atoms with E-state index < -0.39 is 6.09 Å². The molecule has 0 unspecified atom stereocenters. The van der Waals surface area contributed by atoms with E-state index in [1.165, 1.54) is 32.1 Å². The van der Waals surface area contributed by atoms with Gasteiger partial charge in [-0.15, -0.1) is 0 Å². The second-order valence-electron chi connectivity index (χ2n) is 6.78. The van der Waals surface area contributed by atoms with Crippen LogP contribution in [0.1, 0.15) is 52.4 Å². The summed E-state index contributed by atoms with van der Waals surface area (Å²) in [5, 5.41) is 2.78. The van der Waals surface area contributed by atoms with Crippen molar-refractivity contribution in [1.29, 1.82) is 0 Å². The number of carbonyl (C=O) groups excluding carboxylic acids is 1. The zero-order valence-electron chi connectivity index (χ0n) is 15.6. The molecule has 1 amide bonds. The van der Waals surface area contributed by atoms with Gasteiger partial charge in [0.15, 0.2) is 0 Å². The van der Waals surface area contributed by atoms with Gasteiger partial charge < -0.3 is 9.47 Å². The molecule has 1 aliphatic rings. The Bertz CT molecular complexity index is 498. The molecule has 0 aliphatic carbocycles. The Morgan fingerprint density at radius 2 is 1.88 bits per heavy atom. The number of carbonyl (C=O) groups is 1. The normalized spacial score (nSPS) is 16.2. The molecule has 1 aromatic carbocycles. The maximum Gasteiger partial charge on any atom is 0.411 e. The summed E-state index contributed by atoms with van der Waals surface area (Å²) in [6.45, 7) is 7.87. The van der Waals surface area contributed by atoms with Gasteiger partial charge in [-0.05, 0) is 63.5 Å². The van der Waals surface area contributed by atoms with Crippen molar-refractivity contribution in [2.24, 2.45) is 0 Å². The number of hydrogen-bond donors (Lipinski definition) is 1. The fourth-order valence-corrected chi connectivity index (χ4v) is 3.05. The van der Waals surface area contributed by atoms with Crippen LogP contribution in [-0.4, -0.2) is 43.3 Å². The van der Waals surface area contributed by atoms with E-state index in [2.05, 4.69) is 17.1 Å². The number of nitrogens with zero attached hydrogens (tertiary/aromatic N) is 1. The van der Waals surface area contributed by atoms with Crippen LogP contribution in [0.3, 0.4) is 0 Å². The van der Waals surface area contributed by atoms with E-state index in [9.17, 15) is 4.79 Å². The third-order valence-electron chi connectivity index (χ3n) is 4.39. The first-order valence-corrected chi connectivity index (χ1v) is 9.60. The first-order valence-electron chi connectivity index (χ1n) is 9.60. The van der Waals surface area contributed by atoms with Crippen LogP contribution in [-0.2, 0) is 4.74 Å². The van der Waals surface area contributed by atoms with Gasteiger partial charge in [0.05, 0.1) is 6.61 Å². The Hall–Kier alpha value is -1.75. The predicted octanol–water partition coefficient (Wildman–Crippen LogP) is 4.68. The first-order chi connectivity index (χ1) is 12.2. The van der Waals surface area contributed by atoms with Gasteiger partial charge in [0.1, 0.15) is 11.9 Å². The van der Waals surface area contributed by atoms with Crippen molar-refractivity contribution in [2.45, 2.75) is 58.5 Å². The lowest BCUT2D eigenvalue weighted by molar-refractivity contribution is 0.0833. The van der Waals surface area contributed by atoms with Crippen molar-refractivity contribution >= 4 is 11.8 Å². The Balaban J connectivity index is 1.68. The second kappa shape index (κ2) is 11.0. The minimum Gasteiger partial charge on any atom is -0.494 e. The summed E-state index contributed by atoms with van der Waals surface area (Å²) in [7, 11) is 0. The molecule has 5 nitrogen and oxygen atoms in total. The molecule has 0 saturated carbocycles. The lowest BCUT2D eigenvalue weighted by atomic mass is 10.1. The minimum absolute atomic E-state index is 0.112. The van der Waals surface area contributed by atoms with Crippen LogP contribution in [0, 0.1) is 0 Å². The average molecular weight is 348 g/mol. The highest BCUT2D eigenvalue weighted by Crippen LogP contribution is 2.17. The van der Waals surface area contributed by atoms with E-state index in [4.69, 9.17) is 9.47 Å². The molecule has 0 radical (unpaired) electrons. The van der Waals surface area contributed by atoms with Gasteiger partial charge in [-0.3, -0.25) is 10.2 Å². The van der Waals surface area contributed by atoms with Crippen molar-refractivity contribution in [3.63, 3.8) is 0 Å². The van der Waals surface area contributed by atoms with Crippen molar-refractivity contribution in [3.8, 4) is 5.75 Å². The Morgan fingerprint density at radius 1 is 1.16 bits per heavy atom. The van der Waals surface area contributed by atoms with Crippen molar-refractivity contribution in [3.05, 3.63) is 24.3 Å². The number of rotatable bonds is 9. The standard InChI is InChI=1S/C20H32N2O3/c1-3-4-8-15-24-19-11-9-18(10-12-19)21-20(23)25-17(2)16-22-13-6-5-7-14-22/h9-12,17H,3-8,13-16H2,1-2H3,(H,21,23)/t17-/m0/s1. The maximum absolute atomic E-state index is 12.0. The van der Waals surface area contributed by atoms with Crippen molar-refractivity contribution in [2.75, 3.05) is 31.6 Å². The van der Waals surface area contributed by atoms with E-state index in [0.717, 1.165) is 44.1 Å². The molecule has 0 spiro atoms. The molecule has 0 aromatic heterocycles. The van der Waals surface area contributed by atoms with E-state index in [1.807, 2.05) is 31.2 Å². The smallest absolute Gasteiger partial charge is 0.411 e. The number of anilines is 1. The zero-order valence-corrected chi connectivity index (χ0v) is 15.6. The molecule has 1 aromatic rings. The number of hydrogen-bond acceptors (Lipinski definition) is 4. The van der Waals surface area contributed by atoms with Crippen LogP contribution in [0.15, 0.2) is 24.3 Å². The number of unbranched alkanes of at least 4 members (excludes halogenated alkanes) is 2. The highest BCUT2D eigenvalue weighted by molar-refractivity contribution is 5.84. The number of amides is 1. The van der Waals surface area contributed by atoms with Gasteiger partial charge in [0, 0.05) is 12.2 Å². The van der Waals surface area contributed by atoms with Crippen LogP contribution in [0.2, 0.25) is 0 Å². The highest BCUT2D eigenvalue weighted by Gasteiger charge is 2.16. The number of piperidine rings is 1. The molecule has 1 heterocycles. The predicted molar refractivity (Wildman–Crippen MR) is 101 cm³/mol. The first kappa shape index (κ1) is 19.6. The van der Waals surface area contributed by atoms with Gasteiger partial charge in [0.25, 0.3) is 0 Å². The molecule has 25 heavy (non-hydrogen) atoms. The van der Waals surface area contributed by atoms with Gasteiger partial charge in [-0.2, -0.15) is 0 Å². The summed E-state index contributed by atoms with van der Waals surface area (Å²) in [4.78, 5) is 14.4. The summed E-state index contributed by atoms with van der Waals surface area (Å²) in [6, 6.07) is 7.43. The van der Waals surface area contributed by atoms with Crippen LogP contribution in [0.4, 0.5) is 10.5 Å². The third-order valence-corrected chi connectivity index (χ3v) is 4.39. The summed E-state index contributed by atoms with van der Waals surface area (Å²) in [6.07, 6.45) is 6.71. The molecule has 1 N–H and O–H groups in total. The molecule has 5 heteroatoms. The van der Waals surface area contributed by atoms with Crippen molar-refractivity contribution in [1.82, 2.24) is 4.90 Å². The molecule has 1 aliphatic heterocycles. The Labute approximate surface area is 151 Å². The third kappa shape index (κ3) is 7.78. The number of benzene rings is 1. The number of likely N-dealkylation sites (tertiary alicyclic amines) is 1. The van der Waals surface area contributed by atoms with Crippen molar-refractivity contribution < 1.29 is 14.3 Å². The van der Waals surface area contributed by atoms with Crippen LogP contribution in [0.25, 0.3) is 0 Å². The fourth-order valence-electron chi connectivity index (χ4n) is 3.05. The molecule has 2 rings (SSSR count). The van der Waals surface area contributed by atoms with E-state index >= 15 is 0 Å². The molecule has 140 valence electrons. The largest absolute Gasteiger partial charge is 0.494 e. The minimum atomic E-state index is -0.402. The van der Waals surface area contributed by atoms with Gasteiger partial charge >= 0.3 is 6.09 Å². The quantitative estimate of drug-likeness (QED) is 0.658. The monoisotopic (exact) mass is 348 g/mol. The lowest BCUT2D eigenvalue weighted by Gasteiger charge is -2.28. The SMILES string of the molecule is CCCCCOc1ccc(NC(=O)O[C@@H](C)CN2CCCCC2)cc1. The maximum atomic E-state index is 12.0. The average Bonchev–Trinajstić information content (AvgIpc) is 2.61. The van der Waals surface area contributed by atoms with Crippen LogP contribution >= 0.6 is 0 Å². The Kier molecular flexibility index (Phi) is 8.60. The molecule has 1 saturated heterocycles. The summed E-state index contributed by atoms with van der Waals surface area (Å²) in [5.74, 6) is 0.827. The Morgan fingerprint density at radius 3 is 2.56 bits per heavy atom. The highest BCUT2D eigenvalue weighted by atomic mass is 16.6. The van der Waals surface area contributed by atoms with Gasteiger partial charge in [-0.1, -0.05) is 26.2 Å². The molecular weight excluding hydrogens is 316 g/mol. The van der Waals surface area contributed by atoms with Crippen LogP contribution < -0.4 is 10.1 Å². The van der Waals surface area contributed by atoms with E-state index in [0.29, 0.717) is 0 Å². The van der Waals surface area contributed by atoms with E-state index in [1.54, 1.807) is 0 Å². The lowest BCUT2D eigenvalue weighted by Crippen LogP contribution is -2.37. The number of ether oxygens (including phenoxy) is 2. The number of nitrogens with one attached hydrogen (secondary N) is 1. The van der Waals surface area contributed by atoms with E-state index in [-0.39, 0.29) is 6.10 Å². The second-order valence-corrected chi connectivity index (χ2v) is 6.78. The summed E-state index contributed by atoms with van der Waals surface area (Å²) in [5.41, 5.74) is 0.719. The summed E-state index contributed by atoms with van der Waals surface area (Å²) >= 11 is 0. The molecular formula is C20H32N2O3.